The molecular weight excluding hydrogens is 664 g/mol. The van der Waals surface area contributed by atoms with Gasteiger partial charge in [0.25, 0.3) is 5.91 Å². The number of likely N-dealkylation sites (tertiary alicyclic amines) is 1. The number of rotatable bonds is 9. The summed E-state index contributed by atoms with van der Waals surface area (Å²) in [4.78, 5) is 14.5. The maximum Gasteiger partial charge on any atom is 0.393 e. The molecule has 0 radical (unpaired) electrons. The van der Waals surface area contributed by atoms with Gasteiger partial charge >= 0.3 is 6.18 Å². The molecule has 2 aliphatic heterocycles. The highest BCUT2D eigenvalue weighted by atomic mass is 32.2. The minimum absolute atomic E-state index is 0.0278. The van der Waals surface area contributed by atoms with Gasteiger partial charge in [-0.25, -0.2) is 17.2 Å². The Morgan fingerprint density at radius 1 is 1.11 bits per heavy atom. The molecule has 8 nitrogen and oxygen atoms in total. The van der Waals surface area contributed by atoms with Crippen molar-refractivity contribution in [3.8, 4) is 17.6 Å². The Hall–Kier alpha value is -3.61. The van der Waals surface area contributed by atoms with Gasteiger partial charge in [-0.1, -0.05) is 24.0 Å². The number of thiophene rings is 1. The topological polar surface area (TPSA) is 99.8 Å². The number of alkyl halides is 4. The van der Waals surface area contributed by atoms with E-state index in [2.05, 4.69) is 32.7 Å². The molecule has 0 spiro atoms. The summed E-state index contributed by atoms with van der Waals surface area (Å²) >= 11 is 1.16. The van der Waals surface area contributed by atoms with Crippen LogP contribution in [0, 0.1) is 17.7 Å². The summed E-state index contributed by atoms with van der Waals surface area (Å²) in [6.07, 6.45) is -2.72. The summed E-state index contributed by atoms with van der Waals surface area (Å²) in [5.41, 5.74) is 0.480. The summed E-state index contributed by atoms with van der Waals surface area (Å²) < 4.78 is 97.8. The van der Waals surface area contributed by atoms with E-state index in [4.69, 9.17) is 4.74 Å². The number of carbonyl (C=O) groups is 1. The number of nitrogens with one attached hydrogen (secondary N) is 3. The second kappa shape index (κ2) is 14.7. The molecule has 3 heterocycles. The minimum Gasteiger partial charge on any atom is -0.461 e. The monoisotopic (exact) mass is 698 g/mol. The van der Waals surface area contributed by atoms with Crippen LogP contribution in [0.3, 0.4) is 0 Å². The summed E-state index contributed by atoms with van der Waals surface area (Å²) in [5, 5.41) is 9.06. The smallest absolute Gasteiger partial charge is 0.393 e. The Labute approximate surface area is 274 Å². The van der Waals surface area contributed by atoms with Crippen molar-refractivity contribution in [2.24, 2.45) is 0 Å². The average Bonchev–Trinajstić information content (AvgIpc) is 3.37. The Morgan fingerprint density at radius 3 is 2.49 bits per heavy atom. The van der Waals surface area contributed by atoms with E-state index in [9.17, 15) is 35.2 Å². The van der Waals surface area contributed by atoms with Crippen molar-refractivity contribution >= 4 is 48.5 Å². The van der Waals surface area contributed by atoms with Crippen molar-refractivity contribution < 1.29 is 39.9 Å². The molecule has 2 aromatic carbocycles. The number of benzene rings is 2. The van der Waals surface area contributed by atoms with E-state index in [1.165, 1.54) is 7.05 Å². The predicted molar refractivity (Wildman–Crippen MR) is 173 cm³/mol. The molecule has 254 valence electrons. The molecule has 15 heteroatoms. The van der Waals surface area contributed by atoms with Crippen molar-refractivity contribution in [2.45, 2.75) is 50.4 Å². The summed E-state index contributed by atoms with van der Waals surface area (Å²) in [6, 6.07) is 7.59. The fourth-order valence-corrected chi connectivity index (χ4v) is 8.71. The summed E-state index contributed by atoms with van der Waals surface area (Å²) in [7, 11) is -1.62. The molecule has 1 aromatic heterocycles. The molecule has 47 heavy (non-hydrogen) atoms. The third-order valence-electron chi connectivity index (χ3n) is 8.45. The van der Waals surface area contributed by atoms with Crippen LogP contribution in [0.5, 0.6) is 5.75 Å². The van der Waals surface area contributed by atoms with Crippen molar-refractivity contribution in [1.82, 2.24) is 10.2 Å². The van der Waals surface area contributed by atoms with Crippen LogP contribution < -0.4 is 20.7 Å². The fraction of sp³-hybridized carbons (Fsp3) is 0.469. The van der Waals surface area contributed by atoms with Gasteiger partial charge in [0, 0.05) is 38.3 Å². The maximum atomic E-state index is 14.5. The Bertz CT molecular complexity index is 1760. The van der Waals surface area contributed by atoms with Crippen LogP contribution in [-0.2, 0) is 16.3 Å². The first-order chi connectivity index (χ1) is 22.4. The molecule has 3 aromatic rings. The molecule has 1 amide bonds. The molecule has 0 atom stereocenters. The zero-order valence-corrected chi connectivity index (χ0v) is 27.2. The van der Waals surface area contributed by atoms with Crippen LogP contribution in [-0.4, -0.2) is 82.5 Å². The zero-order valence-electron chi connectivity index (χ0n) is 25.6. The quantitative estimate of drug-likeness (QED) is 0.194. The number of hydrogen-bond acceptors (Lipinski definition) is 8. The van der Waals surface area contributed by atoms with E-state index in [0.717, 1.165) is 55.1 Å². The lowest BCUT2D eigenvalue weighted by Gasteiger charge is -2.39. The SMILES string of the molecule is CNC(=O)c1cc(OCF)c(NCC#Cc2sc3c(NC4CCN(C5CCS(=O)(=O)CC5)CC4)cccc3c2CC(F)(F)F)cc1F. The lowest BCUT2D eigenvalue weighted by molar-refractivity contribution is -0.126. The first-order valence-corrected chi connectivity index (χ1v) is 17.8. The van der Waals surface area contributed by atoms with Crippen molar-refractivity contribution in [3.63, 3.8) is 0 Å². The molecule has 2 fully saturated rings. The van der Waals surface area contributed by atoms with Crippen LogP contribution in [0.2, 0.25) is 0 Å². The van der Waals surface area contributed by atoms with Crippen LogP contribution >= 0.6 is 11.3 Å². The second-order valence-corrected chi connectivity index (χ2v) is 14.9. The van der Waals surface area contributed by atoms with Gasteiger partial charge in [-0.3, -0.25) is 4.79 Å². The van der Waals surface area contributed by atoms with Crippen molar-refractivity contribution in [2.75, 3.05) is 55.7 Å². The molecule has 3 N–H and O–H groups in total. The number of fused-ring (bicyclic) bond motifs is 1. The van der Waals surface area contributed by atoms with Crippen molar-refractivity contribution in [3.05, 3.63) is 52.2 Å². The van der Waals surface area contributed by atoms with E-state index in [1.54, 1.807) is 12.1 Å². The lowest BCUT2D eigenvalue weighted by atomic mass is 10.00. The lowest BCUT2D eigenvalue weighted by Crippen LogP contribution is -2.47. The van der Waals surface area contributed by atoms with Gasteiger partial charge in [-0.15, -0.1) is 11.3 Å². The van der Waals surface area contributed by atoms with E-state index in [0.29, 0.717) is 22.9 Å². The van der Waals surface area contributed by atoms with Gasteiger partial charge in [-0.05, 0) is 48.8 Å². The predicted octanol–water partition coefficient (Wildman–Crippen LogP) is 5.73. The van der Waals surface area contributed by atoms with E-state index in [1.807, 2.05) is 6.07 Å². The van der Waals surface area contributed by atoms with Gasteiger partial charge in [0.2, 0.25) is 6.86 Å². The van der Waals surface area contributed by atoms with Gasteiger partial charge in [-0.2, -0.15) is 13.2 Å². The van der Waals surface area contributed by atoms with Crippen LogP contribution in [0.15, 0.2) is 30.3 Å². The van der Waals surface area contributed by atoms with Crippen LogP contribution in [0.1, 0.15) is 46.5 Å². The Balaban J connectivity index is 1.32. The number of halogens is 5. The summed E-state index contributed by atoms with van der Waals surface area (Å²) in [6.45, 7) is 0.257. The first kappa shape index (κ1) is 34.7. The molecule has 0 bridgehead atoms. The highest BCUT2D eigenvalue weighted by molar-refractivity contribution is 7.91. The first-order valence-electron chi connectivity index (χ1n) is 15.2. The highest BCUT2D eigenvalue weighted by Crippen LogP contribution is 2.39. The van der Waals surface area contributed by atoms with Gasteiger partial charge in [0.1, 0.15) is 21.4 Å². The zero-order chi connectivity index (χ0) is 33.8. The molecule has 0 saturated carbocycles. The molecule has 0 unspecified atom stereocenters. The largest absolute Gasteiger partial charge is 0.461 e. The third kappa shape index (κ3) is 8.65. The average molecular weight is 699 g/mol. The van der Waals surface area contributed by atoms with Gasteiger partial charge in [0.15, 0.2) is 0 Å². The number of nitrogens with zero attached hydrogens (tertiary/aromatic N) is 1. The number of ether oxygens (including phenoxy) is 1. The number of hydrogen-bond donors (Lipinski definition) is 3. The Kier molecular flexibility index (Phi) is 10.8. The van der Waals surface area contributed by atoms with Crippen LogP contribution in [0.4, 0.5) is 33.3 Å². The molecule has 2 saturated heterocycles. The fourth-order valence-electron chi connectivity index (χ4n) is 6.08. The number of amides is 1. The van der Waals surface area contributed by atoms with Crippen molar-refractivity contribution in [1.29, 1.82) is 0 Å². The molecule has 5 rings (SSSR count). The molecule has 0 aliphatic carbocycles. The standard InChI is InChI=1S/C32H35F5N4O4S2/c1-38-31(42)23-16-28(45-19-33)27(17-25(23)34)39-11-3-6-29-24(18-32(35,36)37)22-4-2-5-26(30(22)46-29)40-20-7-12-41(13-8-20)21-9-14-47(43,44)15-10-21/h2,4-5,16-17,20-21,39-40H,7-15,18-19H2,1H3,(H,38,42). The number of anilines is 2. The number of sulfone groups is 1. The molecular formula is C32H35F5N4O4S2. The number of carbonyl (C=O) groups excluding carboxylic acids is 1. The highest BCUT2D eigenvalue weighted by Gasteiger charge is 2.32. The van der Waals surface area contributed by atoms with Gasteiger partial charge in [0.05, 0.1) is 51.0 Å². The normalized spacial score (nSPS) is 17.6. The third-order valence-corrected chi connectivity index (χ3v) is 11.4. The van der Waals surface area contributed by atoms with E-state index >= 15 is 0 Å². The maximum absolute atomic E-state index is 14.5. The van der Waals surface area contributed by atoms with Crippen LogP contribution in [0.25, 0.3) is 10.1 Å². The number of piperidine rings is 1. The minimum atomic E-state index is -4.47. The van der Waals surface area contributed by atoms with E-state index in [-0.39, 0.29) is 57.6 Å². The Morgan fingerprint density at radius 2 is 1.83 bits per heavy atom. The second-order valence-electron chi connectivity index (χ2n) is 11.5. The summed E-state index contributed by atoms with van der Waals surface area (Å²) in [5.74, 6) is 4.33. The van der Waals surface area contributed by atoms with E-state index < -0.39 is 41.0 Å². The van der Waals surface area contributed by atoms with Gasteiger partial charge < -0.3 is 25.6 Å². The molecule has 2 aliphatic rings.